The molecule has 3 unspecified atom stereocenters. The Kier molecular flexibility index (Phi) is 4.07. The summed E-state index contributed by atoms with van der Waals surface area (Å²) in [6.45, 7) is 9.27. The third-order valence-corrected chi connectivity index (χ3v) is 3.07. The molecule has 1 nitrogen and oxygen atoms in total. The maximum Gasteiger partial charge on any atom is 0.0577 e. The molecule has 0 spiro atoms. The second-order valence-electron chi connectivity index (χ2n) is 3.92. The SMILES string of the molecule is [CH2]CC1CCC(OCC)CC1C. The van der Waals surface area contributed by atoms with Crippen LogP contribution in [0.1, 0.15) is 39.5 Å². The number of rotatable bonds is 3. The molecule has 1 aliphatic carbocycles. The van der Waals surface area contributed by atoms with E-state index in [-0.39, 0.29) is 0 Å². The van der Waals surface area contributed by atoms with E-state index in [4.69, 9.17) is 4.74 Å². The van der Waals surface area contributed by atoms with E-state index < -0.39 is 0 Å². The minimum atomic E-state index is 0.535. The van der Waals surface area contributed by atoms with Crippen LogP contribution in [-0.4, -0.2) is 12.7 Å². The van der Waals surface area contributed by atoms with Crippen molar-refractivity contribution in [3.8, 4) is 0 Å². The number of hydrogen-bond donors (Lipinski definition) is 0. The van der Waals surface area contributed by atoms with Crippen LogP contribution in [0.15, 0.2) is 0 Å². The first-order chi connectivity index (χ1) is 5.77. The van der Waals surface area contributed by atoms with Crippen molar-refractivity contribution < 1.29 is 4.74 Å². The van der Waals surface area contributed by atoms with E-state index in [0.717, 1.165) is 24.9 Å². The highest BCUT2D eigenvalue weighted by molar-refractivity contribution is 4.78. The summed E-state index contributed by atoms with van der Waals surface area (Å²) in [6.07, 6.45) is 5.44. The van der Waals surface area contributed by atoms with Gasteiger partial charge in [0.25, 0.3) is 0 Å². The van der Waals surface area contributed by atoms with E-state index >= 15 is 0 Å². The van der Waals surface area contributed by atoms with Crippen LogP contribution in [0.5, 0.6) is 0 Å². The largest absolute Gasteiger partial charge is 0.378 e. The summed E-state index contributed by atoms with van der Waals surface area (Å²) in [4.78, 5) is 0. The van der Waals surface area contributed by atoms with Crippen LogP contribution in [-0.2, 0) is 4.74 Å². The molecule has 1 heteroatoms. The maximum absolute atomic E-state index is 5.63. The normalized spacial score (nSPS) is 36.8. The standard InChI is InChI=1S/C11H21O/c1-4-10-6-7-11(12-5-2)8-9(10)3/h9-11H,1,4-8H2,2-3H3. The van der Waals surface area contributed by atoms with E-state index in [2.05, 4.69) is 20.8 Å². The fourth-order valence-corrected chi connectivity index (χ4v) is 2.23. The number of ether oxygens (including phenoxy) is 1. The van der Waals surface area contributed by atoms with Crippen molar-refractivity contribution in [2.45, 2.75) is 45.6 Å². The van der Waals surface area contributed by atoms with Crippen molar-refractivity contribution in [1.29, 1.82) is 0 Å². The summed E-state index contributed by atoms with van der Waals surface area (Å²) in [6, 6.07) is 0. The fourth-order valence-electron chi connectivity index (χ4n) is 2.23. The third kappa shape index (κ3) is 2.48. The molecule has 71 valence electrons. The lowest BCUT2D eigenvalue weighted by Gasteiger charge is -2.33. The van der Waals surface area contributed by atoms with Gasteiger partial charge in [-0.1, -0.05) is 20.3 Å². The van der Waals surface area contributed by atoms with Gasteiger partial charge < -0.3 is 4.74 Å². The van der Waals surface area contributed by atoms with Gasteiger partial charge >= 0.3 is 0 Å². The molecule has 12 heavy (non-hydrogen) atoms. The first-order valence-corrected chi connectivity index (χ1v) is 5.18. The van der Waals surface area contributed by atoms with E-state index in [9.17, 15) is 0 Å². The lowest BCUT2D eigenvalue weighted by Crippen LogP contribution is -2.27. The molecule has 3 atom stereocenters. The van der Waals surface area contributed by atoms with Crippen LogP contribution in [0.3, 0.4) is 0 Å². The quantitative estimate of drug-likeness (QED) is 0.631. The Bertz CT molecular complexity index is 122. The summed E-state index contributed by atoms with van der Waals surface area (Å²) >= 11 is 0. The van der Waals surface area contributed by atoms with Gasteiger partial charge in [0.2, 0.25) is 0 Å². The maximum atomic E-state index is 5.63. The summed E-state index contributed by atoms with van der Waals surface area (Å²) < 4.78 is 5.63. The highest BCUT2D eigenvalue weighted by Crippen LogP contribution is 2.33. The molecule has 1 saturated carbocycles. The Morgan fingerprint density at radius 1 is 1.42 bits per heavy atom. The van der Waals surface area contributed by atoms with Crippen molar-refractivity contribution in [3.63, 3.8) is 0 Å². The molecule has 0 bridgehead atoms. The first kappa shape index (κ1) is 10.0. The molecule has 0 aliphatic heterocycles. The van der Waals surface area contributed by atoms with Crippen LogP contribution in [0.2, 0.25) is 0 Å². The molecule has 1 rings (SSSR count). The molecular formula is C11H21O. The molecule has 1 aliphatic rings. The minimum Gasteiger partial charge on any atom is -0.378 e. The van der Waals surface area contributed by atoms with Gasteiger partial charge in [-0.05, 0) is 38.0 Å². The monoisotopic (exact) mass is 169 g/mol. The van der Waals surface area contributed by atoms with Gasteiger partial charge in [0.1, 0.15) is 0 Å². The molecule has 0 heterocycles. The molecule has 0 aromatic carbocycles. The Morgan fingerprint density at radius 3 is 2.67 bits per heavy atom. The lowest BCUT2D eigenvalue weighted by atomic mass is 9.78. The van der Waals surface area contributed by atoms with Gasteiger partial charge in [0.15, 0.2) is 0 Å². The second kappa shape index (κ2) is 4.86. The topological polar surface area (TPSA) is 9.23 Å². The van der Waals surface area contributed by atoms with E-state index in [1.807, 2.05) is 0 Å². The molecule has 0 aromatic heterocycles. The van der Waals surface area contributed by atoms with Crippen LogP contribution >= 0.6 is 0 Å². The predicted molar refractivity (Wildman–Crippen MR) is 51.9 cm³/mol. The highest BCUT2D eigenvalue weighted by atomic mass is 16.5. The van der Waals surface area contributed by atoms with Crippen molar-refractivity contribution in [1.82, 2.24) is 0 Å². The fraction of sp³-hybridized carbons (Fsp3) is 0.909. The Labute approximate surface area is 76.5 Å². The summed E-state index contributed by atoms with van der Waals surface area (Å²) in [5.41, 5.74) is 0. The van der Waals surface area contributed by atoms with Crippen molar-refractivity contribution in [2.75, 3.05) is 6.61 Å². The Hall–Kier alpha value is -0.0400. The summed E-state index contributed by atoms with van der Waals surface area (Å²) in [5, 5.41) is 0. The second-order valence-corrected chi connectivity index (χ2v) is 3.92. The average molecular weight is 169 g/mol. The number of hydrogen-bond acceptors (Lipinski definition) is 1. The average Bonchev–Trinajstić information content (AvgIpc) is 2.05. The van der Waals surface area contributed by atoms with Crippen LogP contribution in [0, 0.1) is 18.8 Å². The van der Waals surface area contributed by atoms with Gasteiger partial charge in [-0.15, -0.1) is 0 Å². The molecule has 1 radical (unpaired) electrons. The van der Waals surface area contributed by atoms with Crippen molar-refractivity contribution in [2.24, 2.45) is 11.8 Å². The first-order valence-electron chi connectivity index (χ1n) is 5.18. The van der Waals surface area contributed by atoms with Gasteiger partial charge in [-0.3, -0.25) is 0 Å². The molecular weight excluding hydrogens is 148 g/mol. The minimum absolute atomic E-state index is 0.535. The molecule has 0 amide bonds. The third-order valence-electron chi connectivity index (χ3n) is 3.07. The predicted octanol–water partition coefficient (Wildman–Crippen LogP) is 3.05. The van der Waals surface area contributed by atoms with Gasteiger partial charge in [0.05, 0.1) is 6.10 Å². The van der Waals surface area contributed by atoms with Gasteiger partial charge in [-0.2, -0.15) is 0 Å². The van der Waals surface area contributed by atoms with E-state index in [1.54, 1.807) is 0 Å². The van der Waals surface area contributed by atoms with Gasteiger partial charge in [0, 0.05) is 6.61 Å². The Balaban J connectivity index is 2.30. The van der Waals surface area contributed by atoms with Crippen LogP contribution in [0.4, 0.5) is 0 Å². The molecule has 1 fully saturated rings. The van der Waals surface area contributed by atoms with Crippen LogP contribution in [0.25, 0.3) is 0 Å². The molecule has 0 saturated heterocycles. The van der Waals surface area contributed by atoms with Crippen molar-refractivity contribution >= 4 is 0 Å². The Morgan fingerprint density at radius 2 is 2.17 bits per heavy atom. The van der Waals surface area contributed by atoms with Gasteiger partial charge in [-0.25, -0.2) is 0 Å². The zero-order valence-electron chi connectivity index (χ0n) is 8.38. The smallest absolute Gasteiger partial charge is 0.0577 e. The summed E-state index contributed by atoms with van der Waals surface area (Å²) in [5.74, 6) is 1.66. The molecule has 0 aromatic rings. The molecule has 0 N–H and O–H groups in total. The summed E-state index contributed by atoms with van der Waals surface area (Å²) in [7, 11) is 0. The zero-order valence-corrected chi connectivity index (χ0v) is 8.38. The zero-order chi connectivity index (χ0) is 8.97. The highest BCUT2D eigenvalue weighted by Gasteiger charge is 2.26. The lowest BCUT2D eigenvalue weighted by molar-refractivity contribution is 0.00696. The van der Waals surface area contributed by atoms with Crippen molar-refractivity contribution in [3.05, 3.63) is 6.92 Å². The van der Waals surface area contributed by atoms with E-state index in [0.29, 0.717) is 6.10 Å². The van der Waals surface area contributed by atoms with E-state index in [1.165, 1.54) is 19.3 Å². The van der Waals surface area contributed by atoms with Crippen LogP contribution < -0.4 is 0 Å².